The van der Waals surface area contributed by atoms with E-state index in [0.717, 1.165) is 18.7 Å². The molecule has 1 spiro atoms. The summed E-state index contributed by atoms with van der Waals surface area (Å²) in [6.45, 7) is 7.93. The molecule has 3 rings (SSSR count). The second kappa shape index (κ2) is 5.61. The van der Waals surface area contributed by atoms with Crippen molar-refractivity contribution in [3.05, 3.63) is 0 Å². The highest BCUT2D eigenvalue weighted by Gasteiger charge is 2.56. The van der Waals surface area contributed by atoms with Crippen molar-refractivity contribution < 1.29 is 4.74 Å². The van der Waals surface area contributed by atoms with Crippen LogP contribution in [-0.2, 0) is 4.74 Å². The molecule has 0 radical (unpaired) electrons. The largest absolute Gasteiger partial charge is 0.378 e. The topological polar surface area (TPSA) is 21.3 Å². The zero-order valence-corrected chi connectivity index (χ0v) is 13.7. The van der Waals surface area contributed by atoms with Gasteiger partial charge in [0.1, 0.15) is 0 Å². The Morgan fingerprint density at radius 1 is 1.00 bits per heavy atom. The molecule has 0 aromatic heterocycles. The maximum Gasteiger partial charge on any atom is 0.0661 e. The number of hydrogen-bond donors (Lipinski definition) is 1. The van der Waals surface area contributed by atoms with Crippen LogP contribution in [0.25, 0.3) is 0 Å². The minimum atomic E-state index is 0.479. The SMILES string of the molecule is CCOC1CC(NC2CCCC2(C)C)C12CCCCC2. The molecule has 3 atom stereocenters. The summed E-state index contributed by atoms with van der Waals surface area (Å²) >= 11 is 0. The van der Waals surface area contributed by atoms with E-state index in [1.807, 2.05) is 0 Å². The number of hydrogen-bond acceptors (Lipinski definition) is 2. The fourth-order valence-corrected chi connectivity index (χ4v) is 5.18. The van der Waals surface area contributed by atoms with Gasteiger partial charge in [-0.25, -0.2) is 0 Å². The van der Waals surface area contributed by atoms with Gasteiger partial charge in [-0.05, 0) is 44.4 Å². The minimum absolute atomic E-state index is 0.479. The predicted molar refractivity (Wildman–Crippen MR) is 83.9 cm³/mol. The van der Waals surface area contributed by atoms with Crippen molar-refractivity contribution in [2.24, 2.45) is 10.8 Å². The van der Waals surface area contributed by atoms with Crippen LogP contribution in [0.2, 0.25) is 0 Å². The van der Waals surface area contributed by atoms with E-state index in [0.29, 0.717) is 16.9 Å². The van der Waals surface area contributed by atoms with Gasteiger partial charge < -0.3 is 10.1 Å². The normalized spacial score (nSPS) is 38.9. The lowest BCUT2D eigenvalue weighted by molar-refractivity contribution is -0.153. The van der Waals surface area contributed by atoms with Crippen LogP contribution in [0, 0.1) is 10.8 Å². The number of rotatable bonds is 4. The molecule has 0 amide bonds. The molecule has 1 N–H and O–H groups in total. The van der Waals surface area contributed by atoms with E-state index in [-0.39, 0.29) is 0 Å². The summed E-state index contributed by atoms with van der Waals surface area (Å²) in [6, 6.07) is 1.45. The summed E-state index contributed by atoms with van der Waals surface area (Å²) < 4.78 is 6.08. The van der Waals surface area contributed by atoms with Gasteiger partial charge in [-0.3, -0.25) is 0 Å². The van der Waals surface area contributed by atoms with Gasteiger partial charge in [0.2, 0.25) is 0 Å². The Labute approximate surface area is 125 Å². The molecule has 0 aromatic rings. The van der Waals surface area contributed by atoms with Gasteiger partial charge in [0.15, 0.2) is 0 Å². The van der Waals surface area contributed by atoms with Crippen molar-refractivity contribution in [3.63, 3.8) is 0 Å². The Bertz CT molecular complexity index is 332. The smallest absolute Gasteiger partial charge is 0.0661 e. The first kappa shape index (κ1) is 14.8. The van der Waals surface area contributed by atoms with Crippen molar-refractivity contribution in [1.82, 2.24) is 5.32 Å². The second-order valence-corrected chi connectivity index (χ2v) is 8.13. The van der Waals surface area contributed by atoms with Gasteiger partial charge in [-0.1, -0.05) is 39.5 Å². The lowest BCUT2D eigenvalue weighted by Crippen LogP contribution is -2.66. The third kappa shape index (κ3) is 2.43. The third-order valence-electron chi connectivity index (χ3n) is 6.60. The molecule has 0 bridgehead atoms. The van der Waals surface area contributed by atoms with E-state index in [1.165, 1.54) is 57.8 Å². The van der Waals surface area contributed by atoms with Crippen LogP contribution in [0.3, 0.4) is 0 Å². The second-order valence-electron chi connectivity index (χ2n) is 8.13. The van der Waals surface area contributed by atoms with Crippen LogP contribution >= 0.6 is 0 Å². The van der Waals surface area contributed by atoms with Crippen LogP contribution in [0.4, 0.5) is 0 Å². The summed E-state index contributed by atoms with van der Waals surface area (Å²) in [5, 5.41) is 4.07. The summed E-state index contributed by atoms with van der Waals surface area (Å²) in [7, 11) is 0. The molecule has 3 fully saturated rings. The van der Waals surface area contributed by atoms with Gasteiger partial charge in [0.25, 0.3) is 0 Å². The Hall–Kier alpha value is -0.0800. The highest BCUT2D eigenvalue weighted by Crippen LogP contribution is 2.54. The first-order valence-electron chi connectivity index (χ1n) is 8.96. The molecule has 0 aliphatic heterocycles. The lowest BCUT2D eigenvalue weighted by Gasteiger charge is -2.59. The molecule has 3 aliphatic carbocycles. The van der Waals surface area contributed by atoms with Gasteiger partial charge in [0, 0.05) is 24.1 Å². The first-order chi connectivity index (χ1) is 9.58. The van der Waals surface area contributed by atoms with Gasteiger partial charge in [-0.2, -0.15) is 0 Å². The molecule has 0 aromatic carbocycles. The Kier molecular flexibility index (Phi) is 4.16. The summed E-state index contributed by atoms with van der Waals surface area (Å²) in [5.74, 6) is 0. The lowest BCUT2D eigenvalue weighted by atomic mass is 9.55. The fourth-order valence-electron chi connectivity index (χ4n) is 5.18. The molecule has 20 heavy (non-hydrogen) atoms. The average molecular weight is 279 g/mol. The number of ether oxygens (including phenoxy) is 1. The maximum atomic E-state index is 6.08. The van der Waals surface area contributed by atoms with Crippen molar-refractivity contribution in [2.75, 3.05) is 6.61 Å². The van der Waals surface area contributed by atoms with E-state index < -0.39 is 0 Å². The zero-order valence-electron chi connectivity index (χ0n) is 13.7. The maximum absolute atomic E-state index is 6.08. The van der Waals surface area contributed by atoms with E-state index >= 15 is 0 Å². The Morgan fingerprint density at radius 3 is 2.35 bits per heavy atom. The van der Waals surface area contributed by atoms with Crippen molar-refractivity contribution in [2.45, 2.75) is 96.7 Å². The molecular formula is C18H33NO. The van der Waals surface area contributed by atoms with E-state index in [4.69, 9.17) is 4.74 Å². The van der Waals surface area contributed by atoms with Crippen LogP contribution in [0.5, 0.6) is 0 Å². The monoisotopic (exact) mass is 279 g/mol. The molecule has 0 heterocycles. The average Bonchev–Trinajstić information content (AvgIpc) is 2.78. The molecular weight excluding hydrogens is 246 g/mol. The molecule has 0 saturated heterocycles. The van der Waals surface area contributed by atoms with Gasteiger partial charge in [0.05, 0.1) is 6.10 Å². The highest BCUT2D eigenvalue weighted by atomic mass is 16.5. The predicted octanol–water partition coefficient (Wildman–Crippen LogP) is 4.28. The minimum Gasteiger partial charge on any atom is -0.378 e. The standard InChI is InChI=1S/C18H33NO/c1-4-20-16-13-15(18(16)11-6-5-7-12-18)19-14-9-8-10-17(14,2)3/h14-16,19H,4-13H2,1-3H3. The first-order valence-corrected chi connectivity index (χ1v) is 8.96. The van der Waals surface area contributed by atoms with Crippen LogP contribution in [0.1, 0.15) is 78.6 Å². The van der Waals surface area contributed by atoms with E-state index in [1.54, 1.807) is 0 Å². The molecule has 2 heteroatoms. The van der Waals surface area contributed by atoms with Crippen LogP contribution < -0.4 is 5.32 Å². The molecule has 3 aliphatic rings. The molecule has 3 unspecified atom stereocenters. The molecule has 3 saturated carbocycles. The highest BCUT2D eigenvalue weighted by molar-refractivity contribution is 5.10. The zero-order chi connectivity index (χ0) is 14.2. The van der Waals surface area contributed by atoms with Crippen molar-refractivity contribution in [1.29, 1.82) is 0 Å². The Morgan fingerprint density at radius 2 is 1.75 bits per heavy atom. The van der Waals surface area contributed by atoms with Crippen molar-refractivity contribution >= 4 is 0 Å². The summed E-state index contributed by atoms with van der Waals surface area (Å²) in [5.41, 5.74) is 0.972. The third-order valence-corrected chi connectivity index (χ3v) is 6.60. The van der Waals surface area contributed by atoms with Crippen LogP contribution in [0.15, 0.2) is 0 Å². The summed E-state index contributed by atoms with van der Waals surface area (Å²) in [4.78, 5) is 0. The molecule has 2 nitrogen and oxygen atoms in total. The summed E-state index contributed by atoms with van der Waals surface area (Å²) in [6.07, 6.45) is 13.0. The van der Waals surface area contributed by atoms with E-state index in [9.17, 15) is 0 Å². The van der Waals surface area contributed by atoms with Gasteiger partial charge in [-0.15, -0.1) is 0 Å². The number of nitrogens with one attached hydrogen (secondary N) is 1. The van der Waals surface area contributed by atoms with Crippen molar-refractivity contribution in [3.8, 4) is 0 Å². The van der Waals surface area contributed by atoms with Gasteiger partial charge >= 0.3 is 0 Å². The van der Waals surface area contributed by atoms with Crippen LogP contribution in [-0.4, -0.2) is 24.8 Å². The quantitative estimate of drug-likeness (QED) is 0.829. The Balaban J connectivity index is 1.67. The van der Waals surface area contributed by atoms with E-state index in [2.05, 4.69) is 26.1 Å². The molecule has 116 valence electrons. The fraction of sp³-hybridized carbons (Fsp3) is 1.00.